The third-order valence-corrected chi connectivity index (χ3v) is 5.32. The van der Waals surface area contributed by atoms with E-state index < -0.39 is 17.1 Å². The summed E-state index contributed by atoms with van der Waals surface area (Å²) in [4.78, 5) is 26.8. The number of pyridine rings is 1. The van der Waals surface area contributed by atoms with Gasteiger partial charge in [-0.05, 0) is 35.1 Å². The molecule has 1 fully saturated rings. The minimum absolute atomic E-state index is 0.0583. The lowest BCUT2D eigenvalue weighted by Gasteiger charge is -2.16. The minimum atomic E-state index is -0.683. The highest BCUT2D eigenvalue weighted by molar-refractivity contribution is 7.08. The Bertz CT molecular complexity index is 1090. The fourth-order valence-electron chi connectivity index (χ4n) is 3.22. The van der Waals surface area contributed by atoms with Crippen molar-refractivity contribution in [2.45, 2.75) is 25.3 Å². The van der Waals surface area contributed by atoms with E-state index in [4.69, 9.17) is 10.5 Å². The van der Waals surface area contributed by atoms with Crippen LogP contribution in [-0.4, -0.2) is 16.5 Å². The molecular weight excluding hydrogens is 345 g/mol. The Labute approximate surface area is 145 Å². The monoisotopic (exact) mass is 361 g/mol. The van der Waals surface area contributed by atoms with Gasteiger partial charge in [0.1, 0.15) is 5.52 Å². The number of hydrogen-bond acceptors (Lipinski definition) is 5. The molecule has 130 valence electrons. The zero-order valence-electron chi connectivity index (χ0n) is 13.5. The summed E-state index contributed by atoms with van der Waals surface area (Å²) in [6.45, 7) is 0.254. The number of nitrogens with two attached hydrogens (primary N) is 1. The van der Waals surface area contributed by atoms with Crippen LogP contribution in [0.25, 0.3) is 16.6 Å². The zero-order valence-corrected chi connectivity index (χ0v) is 14.3. The van der Waals surface area contributed by atoms with Gasteiger partial charge < -0.3 is 10.5 Å². The fourth-order valence-corrected chi connectivity index (χ4v) is 4.09. The lowest BCUT2D eigenvalue weighted by atomic mass is 10.0. The molecule has 3 aromatic rings. The van der Waals surface area contributed by atoms with E-state index in [9.17, 15) is 14.0 Å². The van der Waals surface area contributed by atoms with Crippen LogP contribution in [0.1, 0.15) is 29.9 Å². The summed E-state index contributed by atoms with van der Waals surface area (Å²) in [5, 5.41) is 3.64. The van der Waals surface area contributed by atoms with Crippen molar-refractivity contribution in [1.82, 2.24) is 9.38 Å². The van der Waals surface area contributed by atoms with Gasteiger partial charge in [-0.1, -0.05) is 0 Å². The summed E-state index contributed by atoms with van der Waals surface area (Å²) in [5.74, 6) is -0.352. The van der Waals surface area contributed by atoms with E-state index in [1.165, 1.54) is 18.4 Å². The van der Waals surface area contributed by atoms with Crippen LogP contribution in [0, 0.1) is 5.82 Å². The summed E-state index contributed by atoms with van der Waals surface area (Å²) < 4.78 is 21.5. The van der Waals surface area contributed by atoms with E-state index in [-0.39, 0.29) is 23.8 Å². The molecule has 3 heterocycles. The van der Waals surface area contributed by atoms with Gasteiger partial charge in [-0.15, -0.1) is 0 Å². The minimum Gasteiger partial charge on any atom is -0.494 e. The molecule has 0 amide bonds. The largest absolute Gasteiger partial charge is 0.494 e. The van der Waals surface area contributed by atoms with Crippen molar-refractivity contribution in [3.05, 3.63) is 54.7 Å². The summed E-state index contributed by atoms with van der Waals surface area (Å²) in [6, 6.07) is 0. The van der Waals surface area contributed by atoms with Crippen molar-refractivity contribution in [3.63, 3.8) is 0 Å². The van der Waals surface area contributed by atoms with Gasteiger partial charge in [0.15, 0.2) is 11.6 Å². The molecule has 0 atom stereocenters. The number of nitrogens with zero attached hydrogens (tertiary/aromatic N) is 1. The maximum absolute atomic E-state index is 14.9. The topological polar surface area (TPSA) is 89.6 Å². The van der Waals surface area contributed by atoms with Gasteiger partial charge in [0.05, 0.1) is 18.9 Å². The first kappa shape index (κ1) is 16.0. The molecule has 0 spiro atoms. The Hall–Kier alpha value is -2.45. The molecule has 0 aliphatic heterocycles. The van der Waals surface area contributed by atoms with Crippen molar-refractivity contribution in [2.75, 3.05) is 7.11 Å². The standard InChI is InChI=1S/C17H16FN3O3S/c1-24-15-13(10-7-25-6-9(10)4-19)11(18)5-21-14(15)12(8-2-3-8)16(22)20-17(21)23/h5-8H,2-4,19H2,1H3,(H,20,22,23). The normalized spacial score (nSPS) is 14.2. The molecule has 1 saturated carbocycles. The highest BCUT2D eigenvalue weighted by Gasteiger charge is 2.32. The molecular formula is C17H16FN3O3S. The predicted octanol–water partition coefficient (Wildman–Crippen LogP) is 2.20. The third kappa shape index (κ3) is 2.40. The van der Waals surface area contributed by atoms with E-state index >= 15 is 0 Å². The number of methoxy groups -OCH3 is 1. The molecule has 6 nitrogen and oxygen atoms in total. The molecule has 1 aliphatic carbocycles. The SMILES string of the molecule is COc1c(-c2cscc2CN)c(F)cn2c(=O)[nH]c(=O)c(C3CC3)c12. The average Bonchev–Trinajstić information content (AvgIpc) is 3.31. The van der Waals surface area contributed by atoms with Gasteiger partial charge in [-0.25, -0.2) is 9.18 Å². The van der Waals surface area contributed by atoms with Crippen LogP contribution < -0.4 is 21.7 Å². The first-order valence-corrected chi connectivity index (χ1v) is 8.81. The van der Waals surface area contributed by atoms with Gasteiger partial charge in [0.25, 0.3) is 5.56 Å². The van der Waals surface area contributed by atoms with Crippen LogP contribution in [0.15, 0.2) is 26.5 Å². The van der Waals surface area contributed by atoms with E-state index in [0.29, 0.717) is 16.6 Å². The van der Waals surface area contributed by atoms with Gasteiger partial charge in [0.2, 0.25) is 0 Å². The number of halogens is 1. The Morgan fingerprint density at radius 3 is 2.80 bits per heavy atom. The smallest absolute Gasteiger partial charge is 0.333 e. The van der Waals surface area contributed by atoms with Crippen molar-refractivity contribution in [3.8, 4) is 16.9 Å². The molecule has 3 aromatic heterocycles. The van der Waals surface area contributed by atoms with Crippen LogP contribution >= 0.6 is 11.3 Å². The van der Waals surface area contributed by atoms with Gasteiger partial charge >= 0.3 is 5.69 Å². The molecule has 25 heavy (non-hydrogen) atoms. The van der Waals surface area contributed by atoms with E-state index in [1.807, 2.05) is 5.38 Å². The van der Waals surface area contributed by atoms with Crippen LogP contribution in [0.3, 0.4) is 0 Å². The molecule has 0 unspecified atom stereocenters. The van der Waals surface area contributed by atoms with Crippen LogP contribution in [-0.2, 0) is 6.54 Å². The van der Waals surface area contributed by atoms with Gasteiger partial charge in [0, 0.05) is 17.7 Å². The Kier molecular flexibility index (Phi) is 3.73. The molecule has 0 bridgehead atoms. The number of hydrogen-bond donors (Lipinski definition) is 2. The maximum atomic E-state index is 14.9. The quantitative estimate of drug-likeness (QED) is 0.745. The van der Waals surface area contributed by atoms with Crippen molar-refractivity contribution < 1.29 is 9.13 Å². The average molecular weight is 361 g/mol. The van der Waals surface area contributed by atoms with E-state index in [0.717, 1.165) is 29.0 Å². The fraction of sp³-hybridized carbons (Fsp3) is 0.294. The molecule has 0 aromatic carbocycles. The number of aromatic nitrogens is 2. The van der Waals surface area contributed by atoms with Gasteiger partial charge in [-0.2, -0.15) is 11.3 Å². The number of fused-ring (bicyclic) bond motifs is 1. The summed E-state index contributed by atoms with van der Waals surface area (Å²) in [7, 11) is 1.41. The first-order chi connectivity index (χ1) is 12.1. The van der Waals surface area contributed by atoms with Crippen molar-refractivity contribution >= 4 is 16.9 Å². The Balaban J connectivity index is 2.19. The second kappa shape index (κ2) is 5.82. The number of H-pyrrole nitrogens is 1. The van der Waals surface area contributed by atoms with Crippen LogP contribution in [0.4, 0.5) is 4.39 Å². The van der Waals surface area contributed by atoms with Crippen molar-refractivity contribution in [1.29, 1.82) is 0 Å². The number of rotatable bonds is 4. The lowest BCUT2D eigenvalue weighted by Crippen LogP contribution is -2.29. The van der Waals surface area contributed by atoms with E-state index in [1.54, 1.807) is 5.38 Å². The summed E-state index contributed by atoms with van der Waals surface area (Å²) >= 11 is 1.41. The number of thiophene rings is 1. The first-order valence-electron chi connectivity index (χ1n) is 7.87. The van der Waals surface area contributed by atoms with Crippen molar-refractivity contribution in [2.24, 2.45) is 5.73 Å². The third-order valence-electron chi connectivity index (χ3n) is 4.52. The molecule has 3 N–H and O–H groups in total. The lowest BCUT2D eigenvalue weighted by molar-refractivity contribution is 0.415. The second-order valence-corrected chi connectivity index (χ2v) is 6.81. The molecule has 0 radical (unpaired) electrons. The van der Waals surface area contributed by atoms with Crippen LogP contribution in [0.2, 0.25) is 0 Å². The molecule has 0 saturated heterocycles. The second-order valence-electron chi connectivity index (χ2n) is 6.07. The Morgan fingerprint density at radius 2 is 2.16 bits per heavy atom. The highest BCUT2D eigenvalue weighted by atomic mass is 32.1. The molecule has 4 rings (SSSR count). The number of aromatic amines is 1. The molecule has 8 heteroatoms. The van der Waals surface area contributed by atoms with E-state index in [2.05, 4.69) is 4.98 Å². The number of nitrogens with one attached hydrogen (secondary N) is 1. The molecule has 1 aliphatic rings. The summed E-state index contributed by atoms with van der Waals surface area (Å²) in [5.41, 5.74) is 7.09. The van der Waals surface area contributed by atoms with Crippen LogP contribution in [0.5, 0.6) is 5.75 Å². The Morgan fingerprint density at radius 1 is 1.40 bits per heavy atom. The number of ether oxygens (including phenoxy) is 1. The van der Waals surface area contributed by atoms with Gasteiger partial charge in [-0.3, -0.25) is 14.2 Å². The zero-order chi connectivity index (χ0) is 17.7. The maximum Gasteiger partial charge on any atom is 0.333 e. The predicted molar refractivity (Wildman–Crippen MR) is 94.0 cm³/mol. The highest BCUT2D eigenvalue weighted by Crippen LogP contribution is 2.45. The summed E-state index contributed by atoms with van der Waals surface area (Å²) in [6.07, 6.45) is 2.83.